The molecule has 2 N–H and O–H groups in total. The van der Waals surface area contributed by atoms with Crippen LogP contribution in [0.2, 0.25) is 0 Å². The van der Waals surface area contributed by atoms with Crippen LogP contribution in [0.25, 0.3) is 0 Å². The number of carbonyl (C=O) groups is 1. The molecule has 0 aliphatic carbocycles. The number of aliphatic imine (C=N–C) groups is 1. The molecule has 1 unspecified atom stereocenters. The topological polar surface area (TPSA) is 66.0 Å². The lowest BCUT2D eigenvalue weighted by atomic mass is 10.1. The highest BCUT2D eigenvalue weighted by atomic mass is 127. The highest BCUT2D eigenvalue weighted by Gasteiger charge is 2.29. The van der Waals surface area contributed by atoms with E-state index in [1.165, 1.54) is 5.56 Å². The minimum atomic E-state index is 0. The molecule has 1 amide bonds. The Labute approximate surface area is 202 Å². The number of likely N-dealkylation sites (tertiary alicyclic amines) is 1. The third-order valence-corrected chi connectivity index (χ3v) is 5.26. The number of benzene rings is 2. The lowest BCUT2D eigenvalue weighted by Crippen LogP contribution is -2.40. The van der Waals surface area contributed by atoms with Crippen molar-refractivity contribution in [3.8, 4) is 5.75 Å². The summed E-state index contributed by atoms with van der Waals surface area (Å²) in [6, 6.07) is 18.3. The number of amides is 1. The average Bonchev–Trinajstić information content (AvgIpc) is 3.14. The summed E-state index contributed by atoms with van der Waals surface area (Å²) in [7, 11) is 1.67. The summed E-state index contributed by atoms with van der Waals surface area (Å²) in [6.07, 6.45) is 1.49. The second-order valence-corrected chi connectivity index (χ2v) is 7.57. The first-order valence-electron chi connectivity index (χ1n) is 10.6. The van der Waals surface area contributed by atoms with Gasteiger partial charge in [0.2, 0.25) is 5.91 Å². The van der Waals surface area contributed by atoms with Gasteiger partial charge in [-0.3, -0.25) is 4.79 Å². The van der Waals surface area contributed by atoms with Crippen LogP contribution in [0.4, 0.5) is 0 Å². The van der Waals surface area contributed by atoms with E-state index < -0.39 is 0 Å². The van der Waals surface area contributed by atoms with Gasteiger partial charge in [-0.2, -0.15) is 0 Å². The Morgan fingerprint density at radius 3 is 2.65 bits per heavy atom. The molecule has 0 bridgehead atoms. The van der Waals surface area contributed by atoms with Crippen molar-refractivity contribution in [3.63, 3.8) is 0 Å². The van der Waals surface area contributed by atoms with E-state index in [0.717, 1.165) is 49.9 Å². The SMILES string of the molecule is CCNC(=NCc1cccc(OC)c1)NCC1CC(=O)N(CCc2ccccc2)C1.I. The molecular weight excluding hydrogens is 503 g/mol. The number of hydrogen-bond donors (Lipinski definition) is 2. The zero-order valence-electron chi connectivity index (χ0n) is 18.3. The third-order valence-electron chi connectivity index (χ3n) is 5.26. The summed E-state index contributed by atoms with van der Waals surface area (Å²) >= 11 is 0. The van der Waals surface area contributed by atoms with Crippen molar-refractivity contribution >= 4 is 35.8 Å². The maximum Gasteiger partial charge on any atom is 0.223 e. The van der Waals surface area contributed by atoms with Gasteiger partial charge < -0.3 is 20.3 Å². The third kappa shape index (κ3) is 8.05. The molecule has 168 valence electrons. The van der Waals surface area contributed by atoms with Gasteiger partial charge in [0.05, 0.1) is 13.7 Å². The predicted molar refractivity (Wildman–Crippen MR) is 136 cm³/mol. The molecule has 7 heteroatoms. The van der Waals surface area contributed by atoms with E-state index in [1.807, 2.05) is 54.3 Å². The molecule has 1 atom stereocenters. The lowest BCUT2D eigenvalue weighted by Gasteiger charge is -2.18. The summed E-state index contributed by atoms with van der Waals surface area (Å²) in [5.74, 6) is 2.15. The Balaban J connectivity index is 0.00000341. The number of hydrogen-bond acceptors (Lipinski definition) is 3. The van der Waals surface area contributed by atoms with Crippen LogP contribution in [0.5, 0.6) is 5.75 Å². The van der Waals surface area contributed by atoms with Gasteiger partial charge in [-0.25, -0.2) is 4.99 Å². The Morgan fingerprint density at radius 1 is 1.13 bits per heavy atom. The maximum absolute atomic E-state index is 12.4. The zero-order chi connectivity index (χ0) is 21.2. The van der Waals surface area contributed by atoms with Crippen LogP contribution in [0, 0.1) is 5.92 Å². The van der Waals surface area contributed by atoms with E-state index in [9.17, 15) is 4.79 Å². The van der Waals surface area contributed by atoms with E-state index in [-0.39, 0.29) is 29.9 Å². The molecule has 1 heterocycles. The highest BCUT2D eigenvalue weighted by molar-refractivity contribution is 14.0. The molecule has 31 heavy (non-hydrogen) atoms. The smallest absolute Gasteiger partial charge is 0.223 e. The van der Waals surface area contributed by atoms with Crippen molar-refractivity contribution in [2.24, 2.45) is 10.9 Å². The fraction of sp³-hybridized carbons (Fsp3) is 0.417. The predicted octanol–water partition coefficient (Wildman–Crippen LogP) is 3.46. The van der Waals surface area contributed by atoms with Crippen molar-refractivity contribution in [1.82, 2.24) is 15.5 Å². The molecule has 0 radical (unpaired) electrons. The second kappa shape index (κ2) is 13.2. The number of nitrogens with one attached hydrogen (secondary N) is 2. The molecule has 2 aromatic rings. The highest BCUT2D eigenvalue weighted by Crippen LogP contribution is 2.18. The summed E-state index contributed by atoms with van der Waals surface area (Å²) in [6.45, 7) is 5.72. The van der Waals surface area contributed by atoms with E-state index in [0.29, 0.717) is 18.9 Å². The fourth-order valence-electron chi connectivity index (χ4n) is 3.64. The molecule has 1 fully saturated rings. The van der Waals surface area contributed by atoms with E-state index in [4.69, 9.17) is 4.74 Å². The number of halogens is 1. The normalized spacial score (nSPS) is 16.1. The van der Waals surface area contributed by atoms with Crippen LogP contribution in [0.3, 0.4) is 0 Å². The van der Waals surface area contributed by atoms with Gasteiger partial charge in [-0.05, 0) is 36.6 Å². The summed E-state index contributed by atoms with van der Waals surface area (Å²) in [4.78, 5) is 19.0. The van der Waals surface area contributed by atoms with Gasteiger partial charge in [0, 0.05) is 38.5 Å². The van der Waals surface area contributed by atoms with Crippen LogP contribution in [-0.4, -0.2) is 50.1 Å². The van der Waals surface area contributed by atoms with Crippen LogP contribution in [0.15, 0.2) is 59.6 Å². The van der Waals surface area contributed by atoms with Crippen molar-refractivity contribution in [1.29, 1.82) is 0 Å². The lowest BCUT2D eigenvalue weighted by molar-refractivity contribution is -0.127. The number of nitrogens with zero attached hydrogens (tertiary/aromatic N) is 2. The van der Waals surface area contributed by atoms with Gasteiger partial charge in [-0.1, -0.05) is 42.5 Å². The van der Waals surface area contributed by atoms with Crippen molar-refractivity contribution < 1.29 is 9.53 Å². The number of ether oxygens (including phenoxy) is 1. The first kappa shape index (κ1) is 25.0. The molecule has 1 saturated heterocycles. The Kier molecular flexibility index (Phi) is 10.6. The van der Waals surface area contributed by atoms with Gasteiger partial charge in [0.15, 0.2) is 5.96 Å². The van der Waals surface area contributed by atoms with Gasteiger partial charge in [0.1, 0.15) is 5.75 Å². The van der Waals surface area contributed by atoms with E-state index in [2.05, 4.69) is 27.8 Å². The fourth-order valence-corrected chi connectivity index (χ4v) is 3.64. The summed E-state index contributed by atoms with van der Waals surface area (Å²) in [5, 5.41) is 6.69. The quantitative estimate of drug-likeness (QED) is 0.293. The molecule has 2 aromatic carbocycles. The molecule has 6 nitrogen and oxygen atoms in total. The summed E-state index contributed by atoms with van der Waals surface area (Å²) in [5.41, 5.74) is 2.36. The Bertz CT molecular complexity index is 844. The molecule has 0 aromatic heterocycles. The second-order valence-electron chi connectivity index (χ2n) is 7.57. The zero-order valence-corrected chi connectivity index (χ0v) is 20.7. The van der Waals surface area contributed by atoms with E-state index in [1.54, 1.807) is 7.11 Å². The minimum Gasteiger partial charge on any atom is -0.497 e. The molecular formula is C24H33IN4O2. The van der Waals surface area contributed by atoms with Crippen molar-refractivity contribution in [2.45, 2.75) is 26.3 Å². The molecule has 1 aliphatic rings. The van der Waals surface area contributed by atoms with Crippen molar-refractivity contribution in [3.05, 3.63) is 65.7 Å². The van der Waals surface area contributed by atoms with E-state index >= 15 is 0 Å². The largest absolute Gasteiger partial charge is 0.497 e. The standard InChI is InChI=1S/C24H32N4O2.HI/c1-3-25-24(26-16-20-10-7-11-22(14-20)30-2)27-17-21-15-23(29)28(18-21)13-12-19-8-5-4-6-9-19;/h4-11,14,21H,3,12-13,15-18H2,1-2H3,(H2,25,26,27);1H. The molecule has 0 spiro atoms. The minimum absolute atomic E-state index is 0. The number of methoxy groups -OCH3 is 1. The maximum atomic E-state index is 12.4. The Hall–Kier alpha value is -2.29. The molecule has 3 rings (SSSR count). The van der Waals surface area contributed by atoms with Gasteiger partial charge >= 0.3 is 0 Å². The van der Waals surface area contributed by atoms with Crippen LogP contribution in [0.1, 0.15) is 24.5 Å². The molecule has 1 aliphatic heterocycles. The number of guanidine groups is 1. The first-order chi connectivity index (χ1) is 14.7. The molecule has 0 saturated carbocycles. The van der Waals surface area contributed by atoms with Crippen LogP contribution >= 0.6 is 24.0 Å². The van der Waals surface area contributed by atoms with Crippen LogP contribution < -0.4 is 15.4 Å². The van der Waals surface area contributed by atoms with Crippen molar-refractivity contribution in [2.75, 3.05) is 33.3 Å². The number of carbonyl (C=O) groups excluding carboxylic acids is 1. The first-order valence-corrected chi connectivity index (χ1v) is 10.6. The average molecular weight is 536 g/mol. The number of rotatable bonds is 9. The van der Waals surface area contributed by atoms with Gasteiger partial charge in [-0.15, -0.1) is 24.0 Å². The monoisotopic (exact) mass is 536 g/mol. The van der Waals surface area contributed by atoms with Gasteiger partial charge in [0.25, 0.3) is 0 Å². The Morgan fingerprint density at radius 2 is 1.90 bits per heavy atom. The summed E-state index contributed by atoms with van der Waals surface area (Å²) < 4.78 is 5.28. The van der Waals surface area contributed by atoms with Crippen LogP contribution in [-0.2, 0) is 17.8 Å².